The molecule has 1 aliphatic heterocycles. The van der Waals surface area contributed by atoms with Crippen LogP contribution in [0.5, 0.6) is 0 Å². The predicted molar refractivity (Wildman–Crippen MR) is 109 cm³/mol. The first-order valence-corrected chi connectivity index (χ1v) is 10.7. The lowest BCUT2D eigenvalue weighted by atomic mass is 10.1. The van der Waals surface area contributed by atoms with Crippen LogP contribution in [0.3, 0.4) is 0 Å². The Hall–Kier alpha value is -1.74. The number of nitrogens with one attached hydrogen (secondary N) is 1. The second-order valence-electron chi connectivity index (χ2n) is 6.55. The Morgan fingerprint density at radius 3 is 2.67 bits per heavy atom. The molecule has 6 nitrogen and oxygen atoms in total. The summed E-state index contributed by atoms with van der Waals surface area (Å²) in [5.41, 5.74) is 1.23. The molecule has 0 saturated carbocycles. The smallest absolute Gasteiger partial charge is 0.341 e. The average molecular weight is 409 g/mol. The standard InChI is InChI=1S/C19H24N2O4S2/c1-4-24-19(23)17-14(15-6-5-7-26-15)11-27-18(17)20-16(22)10-21-8-12(2)25-13(3)9-21/h5-7,11-13H,4,8-10H2,1-3H3,(H,20,22)/t12-,13-/m0/s1. The monoisotopic (exact) mass is 408 g/mol. The van der Waals surface area contributed by atoms with E-state index in [4.69, 9.17) is 9.47 Å². The van der Waals surface area contributed by atoms with Crippen molar-refractivity contribution in [3.05, 3.63) is 28.5 Å². The Bertz CT molecular complexity index is 778. The van der Waals surface area contributed by atoms with E-state index in [9.17, 15) is 9.59 Å². The minimum Gasteiger partial charge on any atom is -0.462 e. The first-order valence-electron chi connectivity index (χ1n) is 8.98. The molecule has 1 amide bonds. The quantitative estimate of drug-likeness (QED) is 0.738. The van der Waals surface area contributed by atoms with Gasteiger partial charge in [-0.25, -0.2) is 4.79 Å². The van der Waals surface area contributed by atoms with Gasteiger partial charge in [-0.15, -0.1) is 22.7 Å². The zero-order valence-corrected chi connectivity index (χ0v) is 17.3. The van der Waals surface area contributed by atoms with Gasteiger partial charge in [0, 0.05) is 28.9 Å². The van der Waals surface area contributed by atoms with Crippen molar-refractivity contribution in [2.45, 2.75) is 33.0 Å². The van der Waals surface area contributed by atoms with E-state index >= 15 is 0 Å². The minimum absolute atomic E-state index is 0.101. The Morgan fingerprint density at radius 2 is 2.04 bits per heavy atom. The maximum Gasteiger partial charge on any atom is 0.341 e. The third kappa shape index (κ3) is 4.95. The van der Waals surface area contributed by atoms with Gasteiger partial charge in [-0.1, -0.05) is 6.07 Å². The van der Waals surface area contributed by atoms with Crippen LogP contribution >= 0.6 is 22.7 Å². The topological polar surface area (TPSA) is 67.9 Å². The first-order chi connectivity index (χ1) is 13.0. The third-order valence-electron chi connectivity index (χ3n) is 4.17. The average Bonchev–Trinajstić information content (AvgIpc) is 3.23. The molecule has 8 heteroatoms. The van der Waals surface area contributed by atoms with E-state index in [1.807, 2.05) is 36.7 Å². The zero-order valence-electron chi connectivity index (χ0n) is 15.7. The molecule has 2 aromatic rings. The summed E-state index contributed by atoms with van der Waals surface area (Å²) in [5.74, 6) is -0.549. The molecule has 0 bridgehead atoms. The van der Waals surface area contributed by atoms with Gasteiger partial charge in [0.15, 0.2) is 0 Å². The van der Waals surface area contributed by atoms with Crippen molar-refractivity contribution in [3.8, 4) is 10.4 Å². The summed E-state index contributed by atoms with van der Waals surface area (Å²) in [5, 5.41) is 7.30. The number of rotatable bonds is 6. The number of ether oxygens (including phenoxy) is 2. The van der Waals surface area contributed by atoms with Crippen LogP contribution in [0.15, 0.2) is 22.9 Å². The van der Waals surface area contributed by atoms with Crippen LogP contribution in [-0.2, 0) is 14.3 Å². The Balaban J connectivity index is 1.76. The highest BCUT2D eigenvalue weighted by atomic mass is 32.1. The van der Waals surface area contributed by atoms with E-state index in [2.05, 4.69) is 10.2 Å². The second-order valence-corrected chi connectivity index (χ2v) is 8.38. The van der Waals surface area contributed by atoms with Gasteiger partial charge < -0.3 is 14.8 Å². The number of nitrogens with zero attached hydrogens (tertiary/aromatic N) is 1. The van der Waals surface area contributed by atoms with Gasteiger partial charge >= 0.3 is 5.97 Å². The van der Waals surface area contributed by atoms with E-state index < -0.39 is 5.97 Å². The predicted octanol–water partition coefficient (Wildman–Crippen LogP) is 3.70. The van der Waals surface area contributed by atoms with Crippen LogP contribution < -0.4 is 5.32 Å². The summed E-state index contributed by atoms with van der Waals surface area (Å²) in [7, 11) is 0. The van der Waals surface area contributed by atoms with Gasteiger partial charge in [0.25, 0.3) is 0 Å². The van der Waals surface area contributed by atoms with Gasteiger partial charge in [-0.3, -0.25) is 9.69 Å². The Morgan fingerprint density at radius 1 is 1.30 bits per heavy atom. The number of hydrogen-bond donors (Lipinski definition) is 1. The molecule has 27 heavy (non-hydrogen) atoms. The summed E-state index contributed by atoms with van der Waals surface area (Å²) in [6.45, 7) is 7.77. The normalized spacial score (nSPS) is 20.4. The van der Waals surface area contributed by atoms with E-state index in [1.54, 1.807) is 18.3 Å². The summed E-state index contributed by atoms with van der Waals surface area (Å²) < 4.78 is 10.9. The molecule has 0 aromatic carbocycles. The molecule has 146 valence electrons. The van der Waals surface area contributed by atoms with Gasteiger partial charge in [0.1, 0.15) is 10.6 Å². The molecule has 3 heterocycles. The SMILES string of the molecule is CCOC(=O)c1c(-c2cccs2)csc1NC(=O)CN1C[C@H](C)O[C@@H](C)C1. The molecule has 3 rings (SSSR count). The van der Waals surface area contributed by atoms with Crippen LogP contribution in [0.25, 0.3) is 10.4 Å². The number of hydrogen-bond acceptors (Lipinski definition) is 7. The van der Waals surface area contributed by atoms with E-state index in [1.165, 1.54) is 11.3 Å². The lowest BCUT2D eigenvalue weighted by Gasteiger charge is -2.34. The molecule has 2 aromatic heterocycles. The second kappa shape index (κ2) is 8.97. The highest BCUT2D eigenvalue weighted by Crippen LogP contribution is 2.38. The molecule has 0 spiro atoms. The van der Waals surface area contributed by atoms with Crippen LogP contribution in [0.2, 0.25) is 0 Å². The van der Waals surface area contributed by atoms with Crippen molar-refractivity contribution in [3.63, 3.8) is 0 Å². The molecule has 0 unspecified atom stereocenters. The molecule has 1 fully saturated rings. The van der Waals surface area contributed by atoms with Crippen molar-refractivity contribution in [1.82, 2.24) is 4.90 Å². The van der Waals surface area contributed by atoms with Crippen LogP contribution in [-0.4, -0.2) is 55.2 Å². The highest BCUT2D eigenvalue weighted by molar-refractivity contribution is 7.17. The molecular formula is C19H24N2O4S2. The van der Waals surface area contributed by atoms with E-state index in [0.29, 0.717) is 23.7 Å². The van der Waals surface area contributed by atoms with Crippen LogP contribution in [0.1, 0.15) is 31.1 Å². The highest BCUT2D eigenvalue weighted by Gasteiger charge is 2.26. The number of amides is 1. The molecule has 0 aliphatic carbocycles. The summed E-state index contributed by atoms with van der Waals surface area (Å²) in [6, 6.07) is 3.89. The molecular weight excluding hydrogens is 384 g/mol. The number of esters is 1. The molecule has 1 saturated heterocycles. The van der Waals surface area contributed by atoms with E-state index in [-0.39, 0.29) is 31.3 Å². The lowest BCUT2D eigenvalue weighted by molar-refractivity contribution is -0.121. The largest absolute Gasteiger partial charge is 0.462 e. The summed E-state index contributed by atoms with van der Waals surface area (Å²) in [4.78, 5) is 28.1. The fourth-order valence-electron chi connectivity index (χ4n) is 3.25. The van der Waals surface area contributed by atoms with E-state index in [0.717, 1.165) is 10.4 Å². The van der Waals surface area contributed by atoms with Gasteiger partial charge in [0.2, 0.25) is 5.91 Å². The first kappa shape index (κ1) is 20.0. The van der Waals surface area contributed by atoms with Crippen molar-refractivity contribution in [2.75, 3.05) is 31.6 Å². The van der Waals surface area contributed by atoms with Gasteiger partial charge in [-0.2, -0.15) is 0 Å². The number of morpholine rings is 1. The van der Waals surface area contributed by atoms with Crippen molar-refractivity contribution in [1.29, 1.82) is 0 Å². The molecule has 1 N–H and O–H groups in total. The summed E-state index contributed by atoms with van der Waals surface area (Å²) >= 11 is 2.90. The lowest BCUT2D eigenvalue weighted by Crippen LogP contribution is -2.48. The Kier molecular flexibility index (Phi) is 6.64. The number of thiophene rings is 2. The Labute approximate surface area is 167 Å². The number of carbonyl (C=O) groups excluding carboxylic acids is 2. The fraction of sp³-hybridized carbons (Fsp3) is 0.474. The van der Waals surface area contributed by atoms with Crippen molar-refractivity contribution < 1.29 is 19.1 Å². The summed E-state index contributed by atoms with van der Waals surface area (Å²) in [6.07, 6.45) is 0.202. The number of carbonyl (C=O) groups is 2. The van der Waals surface area contributed by atoms with Gasteiger partial charge in [-0.05, 0) is 32.2 Å². The maximum absolute atomic E-state index is 12.6. The maximum atomic E-state index is 12.6. The van der Waals surface area contributed by atoms with Crippen LogP contribution in [0, 0.1) is 0 Å². The molecule has 2 atom stereocenters. The number of anilines is 1. The third-order valence-corrected chi connectivity index (χ3v) is 5.97. The van der Waals surface area contributed by atoms with Crippen molar-refractivity contribution >= 4 is 39.6 Å². The minimum atomic E-state index is -0.411. The zero-order chi connectivity index (χ0) is 19.4. The fourth-order valence-corrected chi connectivity index (χ4v) is 5.04. The van der Waals surface area contributed by atoms with Crippen LogP contribution in [0.4, 0.5) is 5.00 Å². The molecule has 0 radical (unpaired) electrons. The van der Waals surface area contributed by atoms with Crippen molar-refractivity contribution in [2.24, 2.45) is 0 Å². The van der Waals surface area contributed by atoms with Gasteiger partial charge in [0.05, 0.1) is 25.4 Å². The molecule has 1 aliphatic rings.